The first-order valence-corrected chi connectivity index (χ1v) is 14.1. The van der Waals surface area contributed by atoms with Gasteiger partial charge < -0.3 is 25.8 Å². The average molecular weight is 608 g/mol. The maximum absolute atomic E-state index is 13.1. The Hall–Kier alpha value is -5.14. The molecule has 3 amide bonds. The summed E-state index contributed by atoms with van der Waals surface area (Å²) in [7, 11) is 0. The molecule has 0 aliphatic carbocycles. The van der Waals surface area contributed by atoms with Crippen molar-refractivity contribution in [2.45, 2.75) is 71.6 Å². The van der Waals surface area contributed by atoms with Crippen LogP contribution in [0.25, 0.3) is 0 Å². The molecule has 44 heavy (non-hydrogen) atoms. The molecule has 3 rings (SSSR count). The fourth-order valence-corrected chi connectivity index (χ4v) is 4.11. The predicted octanol–water partition coefficient (Wildman–Crippen LogP) is 1.58. The van der Waals surface area contributed by atoms with Gasteiger partial charge in [0.1, 0.15) is 24.4 Å². The number of rotatable bonds is 16. The number of hydrogen-bond donors (Lipinski definition) is 4. The van der Waals surface area contributed by atoms with E-state index < -0.39 is 54.7 Å². The largest absolute Gasteiger partial charge is 0.481 e. The second-order valence-electron chi connectivity index (χ2n) is 10.7. The summed E-state index contributed by atoms with van der Waals surface area (Å²) in [5, 5.41) is 28.0. The number of ketones is 1. The van der Waals surface area contributed by atoms with Crippen LogP contribution >= 0.6 is 0 Å². The molecule has 3 atom stereocenters. The second-order valence-corrected chi connectivity index (χ2v) is 10.7. The quantitative estimate of drug-likeness (QED) is 0.186. The van der Waals surface area contributed by atoms with Gasteiger partial charge in [0, 0.05) is 6.42 Å². The van der Waals surface area contributed by atoms with Crippen LogP contribution in [0.15, 0.2) is 54.6 Å². The number of carboxylic acids is 1. The Morgan fingerprint density at radius 3 is 2.23 bits per heavy atom. The van der Waals surface area contributed by atoms with Crippen LogP contribution in [0.1, 0.15) is 44.7 Å². The Bertz CT molecular complexity index is 1440. The molecule has 0 bridgehead atoms. The molecule has 14 heteroatoms. The van der Waals surface area contributed by atoms with Crippen LogP contribution in [0, 0.1) is 12.8 Å². The number of carbonyl (C=O) groups excluding carboxylic acids is 4. The Balaban J connectivity index is 1.59. The number of Topliss-reactive ketones (excluding diaryl/α,β-unsaturated/α-hetero) is 1. The van der Waals surface area contributed by atoms with Crippen LogP contribution < -0.4 is 20.7 Å². The fourth-order valence-electron chi connectivity index (χ4n) is 4.11. The second kappa shape index (κ2) is 15.9. The molecular weight excluding hydrogens is 570 g/mol. The maximum atomic E-state index is 13.1. The molecule has 0 aliphatic rings. The molecule has 3 aromatic rings. The SMILES string of the molecule is Cc1ccc(Oc2nnnn2CC(=O)C(CC(=O)O)NC(=O)[C@H](C)NC(=O)[C@@H](NC(=O)CCc2ccccc2)C(C)C)cc1. The number of tetrazole rings is 1. The van der Waals surface area contributed by atoms with Crippen molar-refractivity contribution in [2.24, 2.45) is 5.92 Å². The number of nitrogens with one attached hydrogen (secondary N) is 3. The van der Waals surface area contributed by atoms with Crippen molar-refractivity contribution >= 4 is 29.5 Å². The van der Waals surface area contributed by atoms with Gasteiger partial charge in [-0.05, 0) is 54.3 Å². The van der Waals surface area contributed by atoms with Crippen LogP contribution in [-0.2, 0) is 36.9 Å². The molecule has 1 unspecified atom stereocenters. The van der Waals surface area contributed by atoms with Crippen molar-refractivity contribution < 1.29 is 33.8 Å². The van der Waals surface area contributed by atoms with Crippen molar-refractivity contribution in [1.82, 2.24) is 36.2 Å². The van der Waals surface area contributed by atoms with Gasteiger partial charge in [-0.2, -0.15) is 4.68 Å². The van der Waals surface area contributed by atoms with E-state index in [0.717, 1.165) is 15.8 Å². The van der Waals surface area contributed by atoms with Crippen LogP contribution in [-0.4, -0.2) is 72.9 Å². The van der Waals surface area contributed by atoms with Crippen molar-refractivity contribution in [1.29, 1.82) is 0 Å². The van der Waals surface area contributed by atoms with E-state index in [1.165, 1.54) is 6.92 Å². The Morgan fingerprint density at radius 1 is 0.909 bits per heavy atom. The van der Waals surface area contributed by atoms with Crippen molar-refractivity contribution in [3.8, 4) is 11.8 Å². The molecule has 14 nitrogen and oxygen atoms in total. The van der Waals surface area contributed by atoms with E-state index in [1.807, 2.05) is 49.4 Å². The molecule has 1 aromatic heterocycles. The van der Waals surface area contributed by atoms with Gasteiger partial charge in [0.2, 0.25) is 17.7 Å². The first kappa shape index (κ1) is 33.4. The smallest absolute Gasteiger partial charge is 0.341 e. The molecule has 0 radical (unpaired) electrons. The van der Waals surface area contributed by atoms with Crippen molar-refractivity contribution in [3.05, 3.63) is 65.7 Å². The highest BCUT2D eigenvalue weighted by molar-refractivity contribution is 5.95. The molecule has 4 N–H and O–H groups in total. The number of aryl methyl sites for hydroxylation is 2. The number of amides is 3. The maximum Gasteiger partial charge on any atom is 0.341 e. The monoisotopic (exact) mass is 607 g/mol. The van der Waals surface area contributed by atoms with Crippen molar-refractivity contribution in [3.63, 3.8) is 0 Å². The minimum Gasteiger partial charge on any atom is -0.481 e. The van der Waals surface area contributed by atoms with Crippen LogP contribution in [0.3, 0.4) is 0 Å². The van der Waals surface area contributed by atoms with Gasteiger partial charge in [-0.15, -0.1) is 0 Å². The molecule has 2 aromatic carbocycles. The lowest BCUT2D eigenvalue weighted by atomic mass is 10.0. The van der Waals surface area contributed by atoms with Gasteiger partial charge in [0.25, 0.3) is 0 Å². The minimum absolute atomic E-state index is 0.103. The van der Waals surface area contributed by atoms with E-state index in [2.05, 4.69) is 31.5 Å². The van der Waals surface area contributed by atoms with Crippen LogP contribution in [0.4, 0.5) is 0 Å². The number of aliphatic carboxylic acids is 1. The predicted molar refractivity (Wildman–Crippen MR) is 157 cm³/mol. The average Bonchev–Trinajstić information content (AvgIpc) is 3.41. The highest BCUT2D eigenvalue weighted by Crippen LogP contribution is 2.19. The van der Waals surface area contributed by atoms with Crippen molar-refractivity contribution in [2.75, 3.05) is 0 Å². The van der Waals surface area contributed by atoms with Gasteiger partial charge in [-0.3, -0.25) is 24.0 Å². The number of nitrogens with zero attached hydrogens (tertiary/aromatic N) is 4. The summed E-state index contributed by atoms with van der Waals surface area (Å²) in [4.78, 5) is 63.1. The number of aromatic nitrogens is 4. The molecule has 0 saturated carbocycles. The molecule has 0 saturated heterocycles. The zero-order chi connectivity index (χ0) is 32.2. The van der Waals surface area contributed by atoms with Gasteiger partial charge >= 0.3 is 12.0 Å². The summed E-state index contributed by atoms with van der Waals surface area (Å²) in [5.74, 6) is -3.60. The molecule has 1 heterocycles. The Kier molecular flexibility index (Phi) is 12.1. The summed E-state index contributed by atoms with van der Waals surface area (Å²) in [6.45, 7) is 6.31. The summed E-state index contributed by atoms with van der Waals surface area (Å²) in [6, 6.07) is 12.8. The standard InChI is InChI=1S/C30H37N7O7/c1-18(2)27(33-25(39)15-12-21-8-6-5-7-9-21)29(43)31-20(4)28(42)32-23(16-26(40)41)24(38)17-37-30(34-35-36-37)44-22-13-10-19(3)11-14-22/h5-11,13-14,18,20,23,27H,12,15-17H2,1-4H3,(H,31,43)(H,32,42)(H,33,39)(H,40,41)/t20-,23?,27-/m0/s1. The Morgan fingerprint density at radius 2 is 1.59 bits per heavy atom. The van der Waals surface area contributed by atoms with E-state index in [4.69, 9.17) is 4.74 Å². The first-order valence-electron chi connectivity index (χ1n) is 14.1. The van der Waals surface area contributed by atoms with Crippen LogP contribution in [0.2, 0.25) is 0 Å². The number of benzene rings is 2. The van der Waals surface area contributed by atoms with Gasteiger partial charge in [0.05, 0.1) is 12.5 Å². The fraction of sp³-hybridized carbons (Fsp3) is 0.400. The number of carbonyl (C=O) groups is 5. The molecular formula is C30H37N7O7. The summed E-state index contributed by atoms with van der Waals surface area (Å²) >= 11 is 0. The van der Waals surface area contributed by atoms with E-state index in [1.54, 1.807) is 26.0 Å². The van der Waals surface area contributed by atoms with E-state index in [0.29, 0.717) is 12.2 Å². The lowest BCUT2D eigenvalue weighted by Crippen LogP contribution is -2.56. The highest BCUT2D eigenvalue weighted by Gasteiger charge is 2.30. The normalized spacial score (nSPS) is 12.9. The highest BCUT2D eigenvalue weighted by atomic mass is 16.5. The third-order valence-corrected chi connectivity index (χ3v) is 6.62. The lowest BCUT2D eigenvalue weighted by Gasteiger charge is -2.25. The minimum atomic E-state index is -1.45. The first-order chi connectivity index (χ1) is 20.9. The van der Waals surface area contributed by atoms with E-state index in [9.17, 15) is 29.1 Å². The van der Waals surface area contributed by atoms with E-state index >= 15 is 0 Å². The van der Waals surface area contributed by atoms with Gasteiger partial charge in [-0.25, -0.2) is 0 Å². The third kappa shape index (κ3) is 10.3. The summed E-state index contributed by atoms with van der Waals surface area (Å²) < 4.78 is 6.67. The number of hydrogen-bond acceptors (Lipinski definition) is 9. The molecule has 234 valence electrons. The number of ether oxygens (including phenoxy) is 1. The number of carboxylic acid groups (broad SMARTS) is 1. The van der Waals surface area contributed by atoms with Crippen LogP contribution in [0.5, 0.6) is 11.8 Å². The zero-order valence-electron chi connectivity index (χ0n) is 25.0. The molecule has 0 aliphatic heterocycles. The lowest BCUT2D eigenvalue weighted by molar-refractivity contribution is -0.140. The zero-order valence-corrected chi connectivity index (χ0v) is 25.0. The molecule has 0 fully saturated rings. The van der Waals surface area contributed by atoms with Gasteiger partial charge in [-0.1, -0.05) is 67.0 Å². The third-order valence-electron chi connectivity index (χ3n) is 6.62. The molecule has 0 spiro atoms. The summed E-state index contributed by atoms with van der Waals surface area (Å²) in [6.07, 6.45) is -0.0383. The van der Waals surface area contributed by atoms with Gasteiger partial charge in [0.15, 0.2) is 5.78 Å². The Labute approximate surface area is 254 Å². The van der Waals surface area contributed by atoms with E-state index in [-0.39, 0.29) is 24.3 Å². The summed E-state index contributed by atoms with van der Waals surface area (Å²) in [5.41, 5.74) is 1.99. The topological polar surface area (TPSA) is 194 Å².